The minimum Gasteiger partial charge on any atom is -0.381 e. The summed E-state index contributed by atoms with van der Waals surface area (Å²) in [6.07, 6.45) is 0. The molecule has 6 heteroatoms. The summed E-state index contributed by atoms with van der Waals surface area (Å²) < 4.78 is 26.7. The number of nitrogens with one attached hydrogen (secondary N) is 1. The Morgan fingerprint density at radius 3 is 2.53 bits per heavy atom. The van der Waals surface area contributed by atoms with Crippen molar-refractivity contribution in [1.82, 2.24) is 4.98 Å². The van der Waals surface area contributed by atoms with Gasteiger partial charge < -0.3 is 16.0 Å². The number of rotatable bonds is 3. The molecule has 4 nitrogen and oxygen atoms in total. The van der Waals surface area contributed by atoms with E-state index in [1.807, 2.05) is 31.1 Å². The van der Waals surface area contributed by atoms with Gasteiger partial charge >= 0.3 is 0 Å². The van der Waals surface area contributed by atoms with Gasteiger partial charge in [0, 0.05) is 20.2 Å². The van der Waals surface area contributed by atoms with E-state index in [1.165, 1.54) is 0 Å². The molecule has 0 bridgehead atoms. The Balaban J connectivity index is 2.39. The molecule has 0 aliphatic heterocycles. The molecule has 0 radical (unpaired) electrons. The molecule has 0 atom stereocenters. The minimum atomic E-state index is -0.871. The molecule has 100 valence electrons. The molecule has 0 spiro atoms. The van der Waals surface area contributed by atoms with Crippen LogP contribution in [0.4, 0.5) is 31.8 Å². The summed E-state index contributed by atoms with van der Waals surface area (Å²) in [6.45, 7) is 0. The Bertz CT molecular complexity index is 599. The second-order valence-electron chi connectivity index (χ2n) is 4.22. The highest BCUT2D eigenvalue weighted by Crippen LogP contribution is 2.28. The van der Waals surface area contributed by atoms with Crippen molar-refractivity contribution in [3.63, 3.8) is 0 Å². The van der Waals surface area contributed by atoms with Gasteiger partial charge in [-0.3, -0.25) is 0 Å². The van der Waals surface area contributed by atoms with Crippen LogP contribution < -0.4 is 16.0 Å². The number of nitrogen functional groups attached to an aromatic ring is 1. The zero-order chi connectivity index (χ0) is 14.0. The van der Waals surface area contributed by atoms with Gasteiger partial charge in [-0.1, -0.05) is 12.1 Å². The third-order valence-electron chi connectivity index (χ3n) is 2.60. The van der Waals surface area contributed by atoms with Crippen LogP contribution >= 0.6 is 0 Å². The molecule has 0 unspecified atom stereocenters. The van der Waals surface area contributed by atoms with Crippen LogP contribution in [0.25, 0.3) is 0 Å². The minimum absolute atomic E-state index is 0.104. The standard InChI is InChI=1S/C13H14F2N4/c1-19(2)11-6-4-3-5-10(11)17-13-9(15)7-8(14)12(16)18-13/h3-7H,1-2H3,(H3,16,17,18). The summed E-state index contributed by atoms with van der Waals surface area (Å²) in [4.78, 5) is 5.53. The predicted molar refractivity (Wildman–Crippen MR) is 72.6 cm³/mol. The zero-order valence-corrected chi connectivity index (χ0v) is 10.6. The average molecular weight is 264 g/mol. The molecule has 2 rings (SSSR count). The molecule has 0 aliphatic carbocycles. The fourth-order valence-corrected chi connectivity index (χ4v) is 1.67. The summed E-state index contributed by atoms with van der Waals surface area (Å²) in [5.74, 6) is -2.11. The molecule has 0 amide bonds. The van der Waals surface area contributed by atoms with Crippen molar-refractivity contribution in [3.8, 4) is 0 Å². The maximum absolute atomic E-state index is 13.6. The summed E-state index contributed by atoms with van der Waals surface area (Å²) in [5, 5.41) is 2.82. The number of para-hydroxylation sites is 2. The first-order chi connectivity index (χ1) is 8.99. The number of nitrogens with two attached hydrogens (primary N) is 1. The van der Waals surface area contributed by atoms with Crippen LogP contribution in [0.5, 0.6) is 0 Å². The van der Waals surface area contributed by atoms with E-state index < -0.39 is 11.6 Å². The fourth-order valence-electron chi connectivity index (χ4n) is 1.67. The normalized spacial score (nSPS) is 10.3. The molecule has 2 aromatic rings. The monoisotopic (exact) mass is 264 g/mol. The maximum Gasteiger partial charge on any atom is 0.169 e. The van der Waals surface area contributed by atoms with Gasteiger partial charge in [0.15, 0.2) is 23.3 Å². The fraction of sp³-hybridized carbons (Fsp3) is 0.154. The van der Waals surface area contributed by atoms with Gasteiger partial charge in [-0.05, 0) is 12.1 Å². The van der Waals surface area contributed by atoms with Gasteiger partial charge in [-0.25, -0.2) is 13.8 Å². The summed E-state index contributed by atoms with van der Waals surface area (Å²) in [6, 6.07) is 8.02. The van der Waals surface area contributed by atoms with Crippen LogP contribution in [-0.4, -0.2) is 19.1 Å². The van der Waals surface area contributed by atoms with Crippen molar-refractivity contribution in [2.45, 2.75) is 0 Å². The lowest BCUT2D eigenvalue weighted by Gasteiger charge is -2.18. The highest BCUT2D eigenvalue weighted by molar-refractivity contribution is 5.74. The Morgan fingerprint density at radius 2 is 1.84 bits per heavy atom. The van der Waals surface area contributed by atoms with Gasteiger partial charge in [0.1, 0.15) is 0 Å². The van der Waals surface area contributed by atoms with Gasteiger partial charge in [0.2, 0.25) is 0 Å². The SMILES string of the molecule is CN(C)c1ccccc1Nc1nc(N)c(F)cc1F. The number of hydrogen-bond acceptors (Lipinski definition) is 4. The predicted octanol–water partition coefficient (Wildman–Crippen LogP) is 2.75. The molecule has 0 fully saturated rings. The van der Waals surface area contributed by atoms with Crippen LogP contribution in [-0.2, 0) is 0 Å². The largest absolute Gasteiger partial charge is 0.381 e. The molecule has 0 saturated carbocycles. The molecule has 0 aliphatic rings. The van der Waals surface area contributed by atoms with Crippen LogP contribution in [0.15, 0.2) is 30.3 Å². The number of pyridine rings is 1. The molecular formula is C13H14F2N4. The van der Waals surface area contributed by atoms with E-state index in [0.29, 0.717) is 11.8 Å². The van der Waals surface area contributed by atoms with Crippen molar-refractivity contribution in [1.29, 1.82) is 0 Å². The number of benzene rings is 1. The van der Waals surface area contributed by atoms with Crippen LogP contribution in [0.1, 0.15) is 0 Å². The van der Waals surface area contributed by atoms with Gasteiger partial charge in [0.05, 0.1) is 11.4 Å². The maximum atomic E-state index is 13.6. The number of halogens is 2. The highest BCUT2D eigenvalue weighted by atomic mass is 19.1. The first kappa shape index (κ1) is 13.1. The van der Waals surface area contributed by atoms with E-state index in [4.69, 9.17) is 5.73 Å². The first-order valence-corrected chi connectivity index (χ1v) is 5.64. The third-order valence-corrected chi connectivity index (χ3v) is 2.60. The van der Waals surface area contributed by atoms with E-state index in [2.05, 4.69) is 10.3 Å². The molecule has 0 saturated heterocycles. The van der Waals surface area contributed by atoms with E-state index in [-0.39, 0.29) is 11.6 Å². The quantitative estimate of drug-likeness (QED) is 0.895. The van der Waals surface area contributed by atoms with Crippen molar-refractivity contribution in [3.05, 3.63) is 42.0 Å². The van der Waals surface area contributed by atoms with E-state index in [0.717, 1.165) is 5.69 Å². The van der Waals surface area contributed by atoms with Crippen molar-refractivity contribution >= 4 is 23.0 Å². The summed E-state index contributed by atoms with van der Waals surface area (Å²) in [7, 11) is 3.73. The van der Waals surface area contributed by atoms with Gasteiger partial charge in [-0.2, -0.15) is 0 Å². The Hall–Kier alpha value is -2.37. The highest BCUT2D eigenvalue weighted by Gasteiger charge is 2.12. The Morgan fingerprint density at radius 1 is 1.16 bits per heavy atom. The van der Waals surface area contributed by atoms with Crippen LogP contribution in [0.2, 0.25) is 0 Å². The van der Waals surface area contributed by atoms with Crippen LogP contribution in [0.3, 0.4) is 0 Å². The molecular weight excluding hydrogens is 250 g/mol. The van der Waals surface area contributed by atoms with Crippen molar-refractivity contribution < 1.29 is 8.78 Å². The Labute approximate surface area is 109 Å². The number of hydrogen-bond donors (Lipinski definition) is 2. The molecule has 1 aromatic heterocycles. The molecule has 1 aromatic carbocycles. The van der Waals surface area contributed by atoms with Crippen molar-refractivity contribution in [2.75, 3.05) is 30.0 Å². The van der Waals surface area contributed by atoms with E-state index in [9.17, 15) is 8.78 Å². The second kappa shape index (κ2) is 5.09. The van der Waals surface area contributed by atoms with E-state index in [1.54, 1.807) is 12.1 Å². The molecule has 19 heavy (non-hydrogen) atoms. The number of nitrogens with zero attached hydrogens (tertiary/aromatic N) is 2. The lowest BCUT2D eigenvalue weighted by Crippen LogP contribution is -2.11. The summed E-state index contributed by atoms with van der Waals surface area (Å²) in [5.41, 5.74) is 6.85. The van der Waals surface area contributed by atoms with Crippen molar-refractivity contribution in [2.24, 2.45) is 0 Å². The smallest absolute Gasteiger partial charge is 0.169 e. The number of anilines is 4. The lowest BCUT2D eigenvalue weighted by atomic mass is 10.2. The average Bonchev–Trinajstić information content (AvgIpc) is 2.36. The second-order valence-corrected chi connectivity index (χ2v) is 4.22. The molecule has 1 heterocycles. The molecule has 3 N–H and O–H groups in total. The lowest BCUT2D eigenvalue weighted by molar-refractivity contribution is 0.581. The zero-order valence-electron chi connectivity index (χ0n) is 10.6. The number of aromatic nitrogens is 1. The summed E-state index contributed by atoms with van der Waals surface area (Å²) >= 11 is 0. The van der Waals surface area contributed by atoms with Crippen LogP contribution in [0, 0.1) is 11.6 Å². The first-order valence-electron chi connectivity index (χ1n) is 5.64. The topological polar surface area (TPSA) is 54.2 Å². The Kier molecular flexibility index (Phi) is 3.50. The third kappa shape index (κ3) is 2.73. The van der Waals surface area contributed by atoms with Gasteiger partial charge in [0.25, 0.3) is 0 Å². The van der Waals surface area contributed by atoms with Gasteiger partial charge in [-0.15, -0.1) is 0 Å². The van der Waals surface area contributed by atoms with E-state index >= 15 is 0 Å².